The highest BCUT2D eigenvalue weighted by molar-refractivity contribution is 6.30. The van der Waals surface area contributed by atoms with Gasteiger partial charge >= 0.3 is 5.97 Å². The monoisotopic (exact) mass is 263 g/mol. The van der Waals surface area contributed by atoms with Crippen LogP contribution in [0, 0.1) is 0 Å². The molecule has 1 aromatic heterocycles. The molecule has 1 heterocycles. The summed E-state index contributed by atoms with van der Waals surface area (Å²) in [5, 5.41) is 9.54. The number of rotatable bonds is 3. The number of aromatic carboxylic acids is 1. The normalized spacial score (nSPS) is 10.1. The zero-order chi connectivity index (χ0) is 13.1. The topological polar surface area (TPSA) is 59.4 Å². The molecular weight excluding hydrogens is 254 g/mol. The van der Waals surface area contributed by atoms with Gasteiger partial charge in [0.25, 0.3) is 0 Å². The van der Waals surface area contributed by atoms with Gasteiger partial charge in [-0.2, -0.15) is 0 Å². The lowest BCUT2D eigenvalue weighted by Crippen LogP contribution is -2.03. The zero-order valence-electron chi connectivity index (χ0n) is 9.55. The molecule has 0 atom stereocenters. The van der Waals surface area contributed by atoms with Gasteiger partial charge in [-0.1, -0.05) is 23.7 Å². The van der Waals surface area contributed by atoms with Gasteiger partial charge in [0, 0.05) is 16.8 Å². The second kappa shape index (κ2) is 5.06. The number of aromatic nitrogens is 1. The SMILES string of the molecule is COc1cc(-c2cccc(Cl)c2)cnc1C(=O)O. The third-order valence-electron chi connectivity index (χ3n) is 2.43. The van der Waals surface area contributed by atoms with Crippen LogP contribution in [0.2, 0.25) is 5.02 Å². The van der Waals surface area contributed by atoms with Crippen molar-refractivity contribution in [2.75, 3.05) is 7.11 Å². The van der Waals surface area contributed by atoms with Gasteiger partial charge in [0.1, 0.15) is 0 Å². The molecule has 92 valence electrons. The Morgan fingerprint density at radius 2 is 2.11 bits per heavy atom. The largest absolute Gasteiger partial charge is 0.494 e. The molecule has 0 bridgehead atoms. The molecule has 1 N–H and O–H groups in total. The number of hydrogen-bond acceptors (Lipinski definition) is 3. The van der Waals surface area contributed by atoms with Crippen molar-refractivity contribution in [2.24, 2.45) is 0 Å². The Kier molecular flexibility index (Phi) is 3.48. The Labute approximate surface area is 109 Å². The van der Waals surface area contributed by atoms with Gasteiger partial charge in [-0.25, -0.2) is 9.78 Å². The van der Waals surface area contributed by atoms with Crippen molar-refractivity contribution in [1.29, 1.82) is 0 Å². The van der Waals surface area contributed by atoms with Gasteiger partial charge < -0.3 is 9.84 Å². The smallest absolute Gasteiger partial charge is 0.358 e. The van der Waals surface area contributed by atoms with E-state index >= 15 is 0 Å². The Balaban J connectivity index is 2.51. The van der Waals surface area contributed by atoms with E-state index < -0.39 is 5.97 Å². The highest BCUT2D eigenvalue weighted by Gasteiger charge is 2.13. The summed E-state index contributed by atoms with van der Waals surface area (Å²) in [7, 11) is 1.41. The van der Waals surface area contributed by atoms with Crippen LogP contribution in [-0.2, 0) is 0 Å². The van der Waals surface area contributed by atoms with Crippen molar-refractivity contribution < 1.29 is 14.6 Å². The van der Waals surface area contributed by atoms with Gasteiger partial charge in [0.2, 0.25) is 0 Å². The van der Waals surface area contributed by atoms with Crippen LogP contribution < -0.4 is 4.74 Å². The minimum absolute atomic E-state index is 0.108. The number of carboxylic acids is 1. The van der Waals surface area contributed by atoms with E-state index in [0.717, 1.165) is 11.1 Å². The third-order valence-corrected chi connectivity index (χ3v) is 2.67. The Morgan fingerprint density at radius 1 is 1.33 bits per heavy atom. The third kappa shape index (κ3) is 2.43. The molecule has 0 saturated carbocycles. The maximum Gasteiger partial charge on any atom is 0.358 e. The van der Waals surface area contributed by atoms with Crippen LogP contribution in [0.5, 0.6) is 5.75 Å². The van der Waals surface area contributed by atoms with Crippen LogP contribution in [0.15, 0.2) is 36.5 Å². The summed E-state index contributed by atoms with van der Waals surface area (Å²) in [6.45, 7) is 0. The van der Waals surface area contributed by atoms with Crippen molar-refractivity contribution >= 4 is 17.6 Å². The summed E-state index contributed by atoms with van der Waals surface area (Å²) in [4.78, 5) is 14.8. The molecule has 0 unspecified atom stereocenters. The first kappa shape index (κ1) is 12.4. The molecule has 2 rings (SSSR count). The number of carbonyl (C=O) groups is 1. The fourth-order valence-corrected chi connectivity index (χ4v) is 1.78. The van der Waals surface area contributed by atoms with E-state index in [2.05, 4.69) is 4.98 Å². The number of ether oxygens (including phenoxy) is 1. The van der Waals surface area contributed by atoms with Crippen molar-refractivity contribution in [1.82, 2.24) is 4.98 Å². The van der Waals surface area contributed by atoms with Crippen molar-refractivity contribution in [2.45, 2.75) is 0 Å². The van der Waals surface area contributed by atoms with E-state index in [1.807, 2.05) is 12.1 Å². The lowest BCUT2D eigenvalue weighted by molar-refractivity contribution is 0.0686. The molecular formula is C13H10ClNO3. The molecule has 0 spiro atoms. The molecule has 4 nitrogen and oxygen atoms in total. The van der Waals surface area contributed by atoms with Crippen LogP contribution in [0.4, 0.5) is 0 Å². The molecule has 0 amide bonds. The molecule has 5 heteroatoms. The lowest BCUT2D eigenvalue weighted by Gasteiger charge is -2.07. The molecule has 2 aromatic rings. The Hall–Kier alpha value is -2.07. The number of nitrogens with zero attached hydrogens (tertiary/aromatic N) is 1. The first-order valence-corrected chi connectivity index (χ1v) is 5.53. The predicted molar refractivity (Wildman–Crippen MR) is 68.2 cm³/mol. The van der Waals surface area contributed by atoms with Gasteiger partial charge in [0.05, 0.1) is 7.11 Å². The van der Waals surface area contributed by atoms with Crippen LogP contribution >= 0.6 is 11.6 Å². The average Bonchev–Trinajstić information content (AvgIpc) is 2.37. The average molecular weight is 264 g/mol. The van der Waals surface area contributed by atoms with E-state index in [-0.39, 0.29) is 11.4 Å². The predicted octanol–water partition coefficient (Wildman–Crippen LogP) is 3.11. The number of methoxy groups -OCH3 is 1. The first-order valence-electron chi connectivity index (χ1n) is 5.15. The summed E-state index contributed by atoms with van der Waals surface area (Å²) in [5.74, 6) is -0.899. The van der Waals surface area contributed by atoms with Crippen molar-refractivity contribution in [3.8, 4) is 16.9 Å². The molecule has 0 saturated heterocycles. The molecule has 18 heavy (non-hydrogen) atoms. The van der Waals surface area contributed by atoms with Crippen LogP contribution in [0.25, 0.3) is 11.1 Å². The quantitative estimate of drug-likeness (QED) is 0.924. The first-order chi connectivity index (χ1) is 8.61. The van der Waals surface area contributed by atoms with E-state index in [1.165, 1.54) is 13.3 Å². The Bertz CT molecular complexity index is 599. The van der Waals surface area contributed by atoms with Gasteiger partial charge in [0.15, 0.2) is 11.4 Å². The molecule has 0 aliphatic rings. The molecule has 0 aliphatic heterocycles. The van der Waals surface area contributed by atoms with E-state index in [4.69, 9.17) is 21.4 Å². The number of carboxylic acid groups (broad SMARTS) is 1. The summed E-state index contributed by atoms with van der Waals surface area (Å²) in [5.41, 5.74) is 1.49. The maximum atomic E-state index is 10.9. The summed E-state index contributed by atoms with van der Waals surface area (Å²) < 4.78 is 5.02. The maximum absolute atomic E-state index is 10.9. The van der Waals surface area contributed by atoms with Crippen molar-refractivity contribution in [3.05, 3.63) is 47.2 Å². The second-order valence-electron chi connectivity index (χ2n) is 3.59. The summed E-state index contributed by atoms with van der Waals surface area (Å²) in [6, 6.07) is 8.85. The fraction of sp³-hybridized carbons (Fsp3) is 0.0769. The van der Waals surface area contributed by atoms with Gasteiger partial charge in [-0.05, 0) is 23.8 Å². The number of pyridine rings is 1. The minimum Gasteiger partial charge on any atom is -0.494 e. The molecule has 0 fully saturated rings. The number of hydrogen-bond donors (Lipinski definition) is 1. The lowest BCUT2D eigenvalue weighted by atomic mass is 10.1. The fourth-order valence-electron chi connectivity index (χ4n) is 1.59. The summed E-state index contributed by atoms with van der Waals surface area (Å²) in [6.07, 6.45) is 1.48. The van der Waals surface area contributed by atoms with Gasteiger partial charge in [-0.15, -0.1) is 0 Å². The van der Waals surface area contributed by atoms with E-state index in [9.17, 15) is 4.79 Å². The van der Waals surface area contributed by atoms with Gasteiger partial charge in [-0.3, -0.25) is 0 Å². The van der Waals surface area contributed by atoms with Crippen molar-refractivity contribution in [3.63, 3.8) is 0 Å². The number of benzene rings is 1. The van der Waals surface area contributed by atoms with E-state index in [0.29, 0.717) is 5.02 Å². The highest BCUT2D eigenvalue weighted by Crippen LogP contribution is 2.27. The zero-order valence-corrected chi connectivity index (χ0v) is 10.3. The van der Waals surface area contributed by atoms with E-state index in [1.54, 1.807) is 18.2 Å². The second-order valence-corrected chi connectivity index (χ2v) is 4.03. The Morgan fingerprint density at radius 3 is 2.72 bits per heavy atom. The molecule has 0 aliphatic carbocycles. The van der Waals surface area contributed by atoms with Crippen LogP contribution in [-0.4, -0.2) is 23.2 Å². The van der Waals surface area contributed by atoms with Crippen LogP contribution in [0.1, 0.15) is 10.5 Å². The highest BCUT2D eigenvalue weighted by atomic mass is 35.5. The van der Waals surface area contributed by atoms with Crippen LogP contribution in [0.3, 0.4) is 0 Å². The minimum atomic E-state index is -1.12. The molecule has 1 aromatic carbocycles. The standard InChI is InChI=1S/C13H10ClNO3/c1-18-11-6-9(7-15-12(11)13(16)17)8-3-2-4-10(14)5-8/h2-7H,1H3,(H,16,17). The number of halogens is 1. The summed E-state index contributed by atoms with van der Waals surface area (Å²) >= 11 is 5.90. The molecule has 0 radical (unpaired) electrons.